The largest absolute Gasteiger partial charge is 0.416 e. The summed E-state index contributed by atoms with van der Waals surface area (Å²) < 4.78 is 78.5. The number of hydrogen-bond acceptors (Lipinski definition) is 3. The lowest BCUT2D eigenvalue weighted by atomic mass is 9.96. The van der Waals surface area contributed by atoms with Gasteiger partial charge < -0.3 is 0 Å². The minimum Gasteiger partial charge on any atom is -0.294 e. The number of nitrogens with zero attached hydrogens (tertiary/aromatic N) is 3. The van der Waals surface area contributed by atoms with Crippen LogP contribution < -0.4 is 0 Å². The van der Waals surface area contributed by atoms with E-state index in [1.165, 1.54) is 18.3 Å². The molecule has 1 heterocycles. The number of alkyl halides is 6. The maximum atomic E-state index is 13.2. The minimum atomic E-state index is -4.76. The Morgan fingerprint density at radius 3 is 2.24 bits per heavy atom. The van der Waals surface area contributed by atoms with Crippen molar-refractivity contribution in [3.05, 3.63) is 70.4 Å². The van der Waals surface area contributed by atoms with E-state index in [0.717, 1.165) is 0 Å². The van der Waals surface area contributed by atoms with Crippen molar-refractivity contribution < 1.29 is 26.3 Å². The van der Waals surface area contributed by atoms with E-state index >= 15 is 0 Å². The van der Waals surface area contributed by atoms with Gasteiger partial charge in [-0.3, -0.25) is 10.1 Å². The molecule has 152 valence electrons. The van der Waals surface area contributed by atoms with Crippen LogP contribution in [0.4, 0.5) is 26.3 Å². The summed E-state index contributed by atoms with van der Waals surface area (Å²) in [7, 11) is 1.57. The molecule has 0 saturated heterocycles. The topological polar surface area (TPSA) is 53.9 Å². The number of hydrogen-bond donors (Lipinski definition) is 1. The van der Waals surface area contributed by atoms with Crippen LogP contribution in [0.1, 0.15) is 27.9 Å². The third-order valence-corrected chi connectivity index (χ3v) is 4.19. The smallest absolute Gasteiger partial charge is 0.294 e. The molecule has 1 aromatic heterocycles. The zero-order valence-corrected chi connectivity index (χ0v) is 14.9. The van der Waals surface area contributed by atoms with Gasteiger partial charge in [-0.2, -0.15) is 26.3 Å². The number of rotatable bonds is 4. The highest BCUT2D eigenvalue weighted by Crippen LogP contribution is 2.37. The Morgan fingerprint density at radius 2 is 1.66 bits per heavy atom. The maximum Gasteiger partial charge on any atom is 0.416 e. The molecule has 0 unspecified atom stereocenters. The van der Waals surface area contributed by atoms with Crippen LogP contribution in [0.25, 0.3) is 11.3 Å². The van der Waals surface area contributed by atoms with Crippen molar-refractivity contribution in [2.24, 2.45) is 4.99 Å². The molecule has 0 aliphatic rings. The van der Waals surface area contributed by atoms with E-state index in [-0.39, 0.29) is 6.42 Å². The van der Waals surface area contributed by atoms with Crippen LogP contribution in [-0.4, -0.2) is 28.7 Å². The normalized spacial score (nSPS) is 12.7. The molecule has 29 heavy (non-hydrogen) atoms. The lowest BCUT2D eigenvalue weighted by Crippen LogP contribution is -2.13. The van der Waals surface area contributed by atoms with Gasteiger partial charge in [0, 0.05) is 18.8 Å². The van der Waals surface area contributed by atoms with E-state index in [1.54, 1.807) is 19.2 Å². The van der Waals surface area contributed by atoms with Gasteiger partial charge in [-0.05, 0) is 35.7 Å². The highest BCUT2D eigenvalue weighted by Gasteiger charge is 2.36. The second kappa shape index (κ2) is 7.69. The maximum absolute atomic E-state index is 13.2. The van der Waals surface area contributed by atoms with Crippen LogP contribution in [0, 0.1) is 0 Å². The van der Waals surface area contributed by atoms with Crippen LogP contribution in [0.5, 0.6) is 0 Å². The number of halogens is 6. The first kappa shape index (κ1) is 20.6. The first-order chi connectivity index (χ1) is 13.6. The van der Waals surface area contributed by atoms with Gasteiger partial charge in [0.2, 0.25) is 0 Å². The van der Waals surface area contributed by atoms with Gasteiger partial charge in [-0.1, -0.05) is 29.5 Å². The molecule has 0 radical (unpaired) electrons. The van der Waals surface area contributed by atoms with E-state index in [9.17, 15) is 26.3 Å². The number of H-pyrrole nitrogens is 1. The quantitative estimate of drug-likeness (QED) is 0.476. The molecule has 10 heteroatoms. The molecular weight excluding hydrogens is 398 g/mol. The third-order valence-electron chi connectivity index (χ3n) is 4.19. The number of aliphatic imine (C=N–C) groups is 1. The van der Waals surface area contributed by atoms with Gasteiger partial charge in [0.1, 0.15) is 11.4 Å². The zero-order chi connectivity index (χ0) is 21.2. The first-order valence-electron chi connectivity index (χ1n) is 8.29. The van der Waals surface area contributed by atoms with E-state index in [2.05, 4.69) is 20.4 Å². The molecule has 0 bridgehead atoms. The molecular formula is C19H14F6N4. The Morgan fingerprint density at radius 1 is 0.966 bits per heavy atom. The fraction of sp³-hybridized carbons (Fsp3) is 0.211. The molecule has 0 aliphatic carbocycles. The predicted molar refractivity (Wildman–Crippen MR) is 94.6 cm³/mol. The van der Waals surface area contributed by atoms with Gasteiger partial charge in [0.05, 0.1) is 11.1 Å². The minimum absolute atomic E-state index is 0.304. The Labute approximate surface area is 161 Å². The average molecular weight is 412 g/mol. The molecule has 0 saturated carbocycles. The van der Waals surface area contributed by atoms with Crippen molar-refractivity contribution >= 4 is 6.21 Å². The summed E-state index contributed by atoms with van der Waals surface area (Å²) in [6.07, 6.45) is -8.27. The zero-order valence-electron chi connectivity index (χ0n) is 14.9. The Hall–Kier alpha value is -3.17. The fourth-order valence-corrected chi connectivity index (χ4v) is 2.86. The lowest BCUT2D eigenvalue weighted by molar-refractivity contribution is -0.141. The summed E-state index contributed by atoms with van der Waals surface area (Å²) in [6.45, 7) is 0. The van der Waals surface area contributed by atoms with E-state index in [0.29, 0.717) is 40.7 Å². The predicted octanol–water partition coefficient (Wildman–Crippen LogP) is 5.15. The van der Waals surface area contributed by atoms with Crippen molar-refractivity contribution in [2.45, 2.75) is 18.8 Å². The van der Waals surface area contributed by atoms with E-state index in [4.69, 9.17) is 0 Å². The fourth-order valence-electron chi connectivity index (χ4n) is 2.86. The standard InChI is InChI=1S/C19H14F6N4/c1-26-10-16-17(28-29-27-16)12-4-2-11(3-5-12)8-13-9-14(18(20,21)22)6-7-15(13)19(23,24)25/h2-7,9-10H,8H2,1H3,(H,27,28,29)/b26-10+. The lowest BCUT2D eigenvalue weighted by Gasteiger charge is -2.16. The van der Waals surface area contributed by atoms with Crippen LogP contribution in [0.2, 0.25) is 0 Å². The molecule has 0 aliphatic heterocycles. The molecule has 0 spiro atoms. The van der Waals surface area contributed by atoms with Crippen LogP contribution >= 0.6 is 0 Å². The van der Waals surface area contributed by atoms with Crippen molar-refractivity contribution in [3.63, 3.8) is 0 Å². The van der Waals surface area contributed by atoms with Gasteiger partial charge in [0.15, 0.2) is 0 Å². The second-order valence-electron chi connectivity index (χ2n) is 6.20. The summed E-state index contributed by atoms with van der Waals surface area (Å²) in [5, 5.41) is 10.3. The number of benzene rings is 2. The molecule has 0 amide bonds. The summed E-state index contributed by atoms with van der Waals surface area (Å²) in [5.74, 6) is 0. The Kier molecular flexibility index (Phi) is 5.45. The molecule has 3 rings (SSSR count). The number of aromatic nitrogens is 3. The molecule has 1 N–H and O–H groups in total. The van der Waals surface area contributed by atoms with Crippen molar-refractivity contribution in [2.75, 3.05) is 7.05 Å². The Balaban J connectivity index is 1.94. The molecule has 0 fully saturated rings. The third kappa shape index (κ3) is 4.64. The van der Waals surface area contributed by atoms with Gasteiger partial charge in [0.25, 0.3) is 0 Å². The van der Waals surface area contributed by atoms with Crippen molar-refractivity contribution in [1.29, 1.82) is 0 Å². The van der Waals surface area contributed by atoms with E-state index < -0.39 is 29.0 Å². The van der Waals surface area contributed by atoms with Gasteiger partial charge in [-0.25, -0.2) is 0 Å². The average Bonchev–Trinajstić information content (AvgIpc) is 3.09. The Bertz CT molecular complexity index is 1020. The monoisotopic (exact) mass is 412 g/mol. The first-order valence-corrected chi connectivity index (χ1v) is 8.29. The summed E-state index contributed by atoms with van der Waals surface area (Å²) in [6, 6.07) is 7.76. The van der Waals surface area contributed by atoms with Crippen LogP contribution in [0.15, 0.2) is 47.5 Å². The van der Waals surface area contributed by atoms with Crippen LogP contribution in [0.3, 0.4) is 0 Å². The molecule has 4 nitrogen and oxygen atoms in total. The van der Waals surface area contributed by atoms with E-state index in [1.807, 2.05) is 0 Å². The van der Waals surface area contributed by atoms with Crippen molar-refractivity contribution in [1.82, 2.24) is 15.4 Å². The number of nitrogens with one attached hydrogen (secondary N) is 1. The van der Waals surface area contributed by atoms with Gasteiger partial charge in [-0.15, -0.1) is 5.10 Å². The number of aromatic amines is 1. The van der Waals surface area contributed by atoms with Gasteiger partial charge >= 0.3 is 12.4 Å². The summed E-state index contributed by atoms with van der Waals surface area (Å²) in [5.41, 5.74) is -0.545. The summed E-state index contributed by atoms with van der Waals surface area (Å²) >= 11 is 0. The molecule has 2 aromatic carbocycles. The molecule has 3 aromatic rings. The van der Waals surface area contributed by atoms with Crippen molar-refractivity contribution in [3.8, 4) is 11.3 Å². The second-order valence-corrected chi connectivity index (χ2v) is 6.20. The summed E-state index contributed by atoms with van der Waals surface area (Å²) in [4.78, 5) is 3.86. The highest BCUT2D eigenvalue weighted by atomic mass is 19.4. The highest BCUT2D eigenvalue weighted by molar-refractivity contribution is 5.86. The molecule has 0 atom stereocenters. The SMILES string of the molecule is C/N=C/c1[nH]nnc1-c1ccc(Cc2cc(C(F)(F)F)ccc2C(F)(F)F)cc1. The van der Waals surface area contributed by atoms with Crippen LogP contribution in [-0.2, 0) is 18.8 Å².